The number of carbonyl (C=O) groups excluding carboxylic acids is 2. The fourth-order valence-corrected chi connectivity index (χ4v) is 3.06. The Labute approximate surface area is 156 Å². The van der Waals surface area contributed by atoms with Gasteiger partial charge in [0.25, 0.3) is 5.91 Å². The Balaban J connectivity index is 0.00000243. The average molecular weight is 390 g/mol. The van der Waals surface area contributed by atoms with Crippen LogP contribution in [0.15, 0.2) is 18.2 Å². The molecule has 6 nitrogen and oxygen atoms in total. The third-order valence-electron chi connectivity index (χ3n) is 4.51. The average Bonchev–Trinajstić information content (AvgIpc) is 2.64. The third-order valence-corrected chi connectivity index (χ3v) is 4.51. The van der Waals surface area contributed by atoms with E-state index in [9.17, 15) is 18.4 Å². The lowest BCUT2D eigenvalue weighted by Gasteiger charge is -2.36. The molecule has 1 aromatic rings. The van der Waals surface area contributed by atoms with Crippen molar-refractivity contribution in [1.29, 1.82) is 0 Å². The number of hydrogen-bond acceptors (Lipinski definition) is 4. The minimum atomic E-state index is -1.04. The van der Waals surface area contributed by atoms with E-state index in [0.717, 1.165) is 18.7 Å². The maximum atomic E-state index is 13.3. The molecule has 26 heavy (non-hydrogen) atoms. The Bertz CT molecular complexity index is 648. The number of halogens is 3. The number of ether oxygens (including phenoxy) is 1. The van der Waals surface area contributed by atoms with Crippen molar-refractivity contribution in [3.63, 3.8) is 0 Å². The number of nitrogens with one attached hydrogen (secondary N) is 1. The molecule has 1 N–H and O–H groups in total. The summed E-state index contributed by atoms with van der Waals surface area (Å²) in [6, 6.07) is 3.15. The van der Waals surface area contributed by atoms with Crippen LogP contribution in [0, 0.1) is 11.6 Å². The highest BCUT2D eigenvalue weighted by molar-refractivity contribution is 5.94. The Morgan fingerprint density at radius 2 is 1.81 bits per heavy atom. The van der Waals surface area contributed by atoms with Crippen LogP contribution in [0.3, 0.4) is 0 Å². The molecule has 144 valence electrons. The number of piperazine rings is 1. The highest BCUT2D eigenvalue weighted by atomic mass is 35.5. The lowest BCUT2D eigenvalue weighted by molar-refractivity contribution is -0.133. The lowest BCUT2D eigenvalue weighted by atomic mass is 10.1. The molecule has 2 heterocycles. The first-order chi connectivity index (χ1) is 12.0. The van der Waals surface area contributed by atoms with Gasteiger partial charge in [-0.2, -0.15) is 0 Å². The monoisotopic (exact) mass is 389 g/mol. The zero-order valence-electron chi connectivity index (χ0n) is 14.2. The van der Waals surface area contributed by atoms with Gasteiger partial charge in [-0.25, -0.2) is 8.78 Å². The molecule has 3 rings (SSSR count). The second-order valence-electron chi connectivity index (χ2n) is 6.23. The minimum absolute atomic E-state index is 0. The molecule has 1 unspecified atom stereocenters. The fraction of sp³-hybridized carbons (Fsp3) is 0.529. The number of hydrogen-bond donors (Lipinski definition) is 1. The first-order valence-corrected chi connectivity index (χ1v) is 8.38. The molecule has 9 heteroatoms. The zero-order chi connectivity index (χ0) is 17.8. The second-order valence-corrected chi connectivity index (χ2v) is 6.23. The van der Waals surface area contributed by atoms with Crippen LogP contribution in [0.5, 0.6) is 0 Å². The SMILES string of the molecule is Cl.O=C(CC1COCCN1)N1CCN(C(=O)c2ccc(F)c(F)c2)CC1. The van der Waals surface area contributed by atoms with Crippen molar-refractivity contribution in [3.05, 3.63) is 35.4 Å². The van der Waals surface area contributed by atoms with E-state index in [1.165, 1.54) is 6.07 Å². The van der Waals surface area contributed by atoms with E-state index in [1.54, 1.807) is 9.80 Å². The molecule has 2 saturated heterocycles. The summed E-state index contributed by atoms with van der Waals surface area (Å²) in [6.45, 7) is 3.55. The van der Waals surface area contributed by atoms with Gasteiger partial charge < -0.3 is 19.9 Å². The summed E-state index contributed by atoms with van der Waals surface area (Å²) in [5, 5.41) is 3.24. The summed E-state index contributed by atoms with van der Waals surface area (Å²) in [6.07, 6.45) is 0.372. The first kappa shape index (κ1) is 20.5. The second kappa shape index (κ2) is 9.25. The summed E-state index contributed by atoms with van der Waals surface area (Å²) in [5.41, 5.74) is 0.113. The van der Waals surface area contributed by atoms with Gasteiger partial charge in [0.15, 0.2) is 11.6 Å². The molecule has 2 amide bonds. The summed E-state index contributed by atoms with van der Waals surface area (Å²) >= 11 is 0. The summed E-state index contributed by atoms with van der Waals surface area (Å²) in [7, 11) is 0. The standard InChI is InChI=1S/C17H21F2N3O3.ClH/c18-14-2-1-12(9-15(14)19)17(24)22-6-4-21(5-7-22)16(23)10-13-11-25-8-3-20-13;/h1-2,9,13,20H,3-8,10-11H2;1H. The number of nitrogens with zero attached hydrogens (tertiary/aromatic N) is 2. The number of rotatable bonds is 3. The number of carbonyl (C=O) groups is 2. The number of benzene rings is 1. The van der Waals surface area contributed by atoms with E-state index < -0.39 is 11.6 Å². The maximum Gasteiger partial charge on any atom is 0.254 e. The smallest absolute Gasteiger partial charge is 0.254 e. The fourth-order valence-electron chi connectivity index (χ4n) is 3.06. The molecule has 2 fully saturated rings. The minimum Gasteiger partial charge on any atom is -0.378 e. The quantitative estimate of drug-likeness (QED) is 0.839. The van der Waals surface area contributed by atoms with Crippen molar-refractivity contribution in [2.45, 2.75) is 12.5 Å². The van der Waals surface area contributed by atoms with Crippen LogP contribution < -0.4 is 5.32 Å². The molecule has 1 aromatic carbocycles. The summed E-state index contributed by atoms with van der Waals surface area (Å²) < 4.78 is 31.6. The van der Waals surface area contributed by atoms with Crippen LogP contribution in [-0.4, -0.2) is 73.6 Å². The highest BCUT2D eigenvalue weighted by Gasteiger charge is 2.27. The molecule has 1 atom stereocenters. The topological polar surface area (TPSA) is 61.9 Å². The van der Waals surface area contributed by atoms with Gasteiger partial charge in [-0.3, -0.25) is 9.59 Å². The van der Waals surface area contributed by atoms with E-state index in [-0.39, 0.29) is 35.8 Å². The van der Waals surface area contributed by atoms with Gasteiger partial charge in [0.1, 0.15) is 0 Å². The predicted octanol–water partition coefficient (Wildman–Crippen LogP) is 1.05. The molecular formula is C17H22ClF2N3O3. The summed E-state index contributed by atoms with van der Waals surface area (Å²) in [5.74, 6) is -2.34. The molecule has 2 aliphatic rings. The summed E-state index contributed by atoms with van der Waals surface area (Å²) in [4.78, 5) is 28.0. The Morgan fingerprint density at radius 3 is 2.42 bits per heavy atom. The molecule has 0 saturated carbocycles. The van der Waals surface area contributed by atoms with Gasteiger partial charge in [-0.15, -0.1) is 12.4 Å². The van der Waals surface area contributed by atoms with Gasteiger partial charge in [-0.1, -0.05) is 0 Å². The molecule has 0 aromatic heterocycles. The maximum absolute atomic E-state index is 13.3. The molecule has 0 bridgehead atoms. The number of morpholine rings is 1. The third kappa shape index (κ3) is 4.90. The normalized spacial score (nSPS) is 20.5. The van der Waals surface area contributed by atoms with Crippen molar-refractivity contribution in [2.75, 3.05) is 45.9 Å². The Kier molecular flexibility index (Phi) is 7.31. The Hall–Kier alpha value is -1.77. The van der Waals surface area contributed by atoms with Crippen LogP contribution in [0.2, 0.25) is 0 Å². The van der Waals surface area contributed by atoms with E-state index in [4.69, 9.17) is 4.74 Å². The molecule has 0 radical (unpaired) electrons. The molecule has 0 aliphatic carbocycles. The van der Waals surface area contributed by atoms with Crippen molar-refractivity contribution in [1.82, 2.24) is 15.1 Å². The molecular weight excluding hydrogens is 368 g/mol. The van der Waals surface area contributed by atoms with E-state index >= 15 is 0 Å². The van der Waals surface area contributed by atoms with E-state index in [1.807, 2.05) is 0 Å². The van der Waals surface area contributed by atoms with Crippen molar-refractivity contribution >= 4 is 24.2 Å². The molecule has 0 spiro atoms. The Morgan fingerprint density at radius 1 is 1.12 bits per heavy atom. The largest absolute Gasteiger partial charge is 0.378 e. The zero-order valence-corrected chi connectivity index (χ0v) is 15.1. The van der Waals surface area contributed by atoms with Crippen molar-refractivity contribution < 1.29 is 23.1 Å². The van der Waals surface area contributed by atoms with Crippen LogP contribution >= 0.6 is 12.4 Å². The van der Waals surface area contributed by atoms with E-state index in [2.05, 4.69) is 5.32 Å². The van der Waals surface area contributed by atoms with Crippen LogP contribution in [-0.2, 0) is 9.53 Å². The highest BCUT2D eigenvalue weighted by Crippen LogP contribution is 2.14. The van der Waals surface area contributed by atoms with Gasteiger partial charge >= 0.3 is 0 Å². The molecule has 2 aliphatic heterocycles. The van der Waals surface area contributed by atoms with Crippen molar-refractivity contribution in [2.24, 2.45) is 0 Å². The van der Waals surface area contributed by atoms with Gasteiger partial charge in [0.05, 0.1) is 13.2 Å². The first-order valence-electron chi connectivity index (χ1n) is 8.38. The predicted molar refractivity (Wildman–Crippen MR) is 93.3 cm³/mol. The van der Waals surface area contributed by atoms with Crippen molar-refractivity contribution in [3.8, 4) is 0 Å². The van der Waals surface area contributed by atoms with Crippen LogP contribution in [0.4, 0.5) is 8.78 Å². The van der Waals surface area contributed by atoms with Crippen LogP contribution in [0.25, 0.3) is 0 Å². The van der Waals surface area contributed by atoms with Gasteiger partial charge in [0, 0.05) is 50.7 Å². The van der Waals surface area contributed by atoms with E-state index in [0.29, 0.717) is 45.8 Å². The van der Waals surface area contributed by atoms with Crippen LogP contribution in [0.1, 0.15) is 16.8 Å². The van der Waals surface area contributed by atoms with Gasteiger partial charge in [0.2, 0.25) is 5.91 Å². The number of amides is 2. The lowest BCUT2D eigenvalue weighted by Crippen LogP contribution is -2.52. The van der Waals surface area contributed by atoms with Gasteiger partial charge in [-0.05, 0) is 18.2 Å².